The summed E-state index contributed by atoms with van der Waals surface area (Å²) in [5.74, 6) is -0.402. The standard InChI is InChI=1S/C19H20ClF3N4O2.HI/c1-12-15(20)3-2-4-16(12)27-17(28)9-10-25-18(24)26-11-13-5-7-14(8-6-13)29-19(21,22)23;/h2-8H,9-11H2,1H3,(H,27,28)(H3,24,25,26);1H. The quantitative estimate of drug-likeness (QED) is 0.264. The van der Waals surface area contributed by atoms with Gasteiger partial charge >= 0.3 is 6.36 Å². The van der Waals surface area contributed by atoms with Crippen molar-refractivity contribution >= 4 is 53.1 Å². The number of nitrogens with one attached hydrogen (secondary N) is 2. The monoisotopic (exact) mass is 556 g/mol. The van der Waals surface area contributed by atoms with Crippen molar-refractivity contribution in [2.24, 2.45) is 10.7 Å². The maximum absolute atomic E-state index is 12.1. The SMILES string of the molecule is Cc1c(Cl)cccc1NC(=O)CCNC(N)=NCc1ccc(OC(F)(F)F)cc1.I. The lowest BCUT2D eigenvalue weighted by molar-refractivity contribution is -0.274. The van der Waals surface area contributed by atoms with E-state index in [4.69, 9.17) is 17.3 Å². The summed E-state index contributed by atoms with van der Waals surface area (Å²) in [6.45, 7) is 2.24. The van der Waals surface area contributed by atoms with Gasteiger partial charge in [-0.1, -0.05) is 29.8 Å². The highest BCUT2D eigenvalue weighted by Crippen LogP contribution is 2.23. The highest BCUT2D eigenvalue weighted by Gasteiger charge is 2.30. The number of hydrogen-bond acceptors (Lipinski definition) is 3. The van der Waals surface area contributed by atoms with E-state index in [0.717, 1.165) is 5.56 Å². The zero-order valence-electron chi connectivity index (χ0n) is 15.9. The van der Waals surface area contributed by atoms with E-state index < -0.39 is 6.36 Å². The minimum absolute atomic E-state index is 0. The van der Waals surface area contributed by atoms with Crippen LogP contribution in [0, 0.1) is 6.92 Å². The normalized spacial score (nSPS) is 11.4. The maximum atomic E-state index is 12.1. The first-order valence-corrected chi connectivity index (χ1v) is 8.95. The average molecular weight is 557 g/mol. The Bertz CT molecular complexity index is 877. The molecule has 1 amide bonds. The first-order chi connectivity index (χ1) is 13.6. The summed E-state index contributed by atoms with van der Waals surface area (Å²) in [5.41, 5.74) is 7.81. The zero-order valence-corrected chi connectivity index (χ0v) is 19.0. The predicted molar refractivity (Wildman–Crippen MR) is 121 cm³/mol. The molecule has 0 heterocycles. The van der Waals surface area contributed by atoms with Gasteiger partial charge in [0.1, 0.15) is 5.75 Å². The Hall–Kier alpha value is -2.21. The smallest absolute Gasteiger partial charge is 0.406 e. The third-order valence-electron chi connectivity index (χ3n) is 3.79. The van der Waals surface area contributed by atoms with Crippen LogP contribution in [0.3, 0.4) is 0 Å². The van der Waals surface area contributed by atoms with Gasteiger partial charge in [-0.3, -0.25) is 4.79 Å². The van der Waals surface area contributed by atoms with Gasteiger partial charge in [-0.25, -0.2) is 4.99 Å². The first kappa shape index (κ1) is 25.8. The fourth-order valence-corrected chi connectivity index (χ4v) is 2.46. The topological polar surface area (TPSA) is 88.7 Å². The second kappa shape index (κ2) is 11.8. The van der Waals surface area contributed by atoms with Crippen molar-refractivity contribution in [2.45, 2.75) is 26.3 Å². The van der Waals surface area contributed by atoms with Gasteiger partial charge in [0.15, 0.2) is 5.96 Å². The molecule has 2 aromatic rings. The van der Waals surface area contributed by atoms with Gasteiger partial charge in [0, 0.05) is 23.7 Å². The minimum atomic E-state index is -4.73. The van der Waals surface area contributed by atoms with Crippen LogP contribution in [0.1, 0.15) is 17.5 Å². The maximum Gasteiger partial charge on any atom is 0.573 e. The van der Waals surface area contributed by atoms with Gasteiger partial charge in [0.25, 0.3) is 0 Å². The summed E-state index contributed by atoms with van der Waals surface area (Å²) < 4.78 is 40.2. The number of benzene rings is 2. The van der Waals surface area contributed by atoms with Gasteiger partial charge in [0.2, 0.25) is 5.91 Å². The molecule has 0 radical (unpaired) electrons. The minimum Gasteiger partial charge on any atom is -0.406 e. The van der Waals surface area contributed by atoms with Crippen molar-refractivity contribution in [1.82, 2.24) is 5.32 Å². The highest BCUT2D eigenvalue weighted by atomic mass is 127. The number of carbonyl (C=O) groups is 1. The summed E-state index contributed by atoms with van der Waals surface area (Å²) in [6, 6.07) is 10.6. The lowest BCUT2D eigenvalue weighted by Gasteiger charge is -2.10. The third kappa shape index (κ3) is 9.08. The van der Waals surface area contributed by atoms with Crippen LogP contribution in [0.15, 0.2) is 47.5 Å². The molecule has 6 nitrogen and oxygen atoms in total. The first-order valence-electron chi connectivity index (χ1n) is 8.57. The molecule has 0 aromatic heterocycles. The van der Waals surface area contributed by atoms with E-state index in [1.807, 2.05) is 6.92 Å². The zero-order chi connectivity index (χ0) is 21.4. The van der Waals surface area contributed by atoms with Gasteiger partial charge in [0.05, 0.1) is 6.54 Å². The van der Waals surface area contributed by atoms with Crippen LogP contribution in [0.25, 0.3) is 0 Å². The van der Waals surface area contributed by atoms with E-state index >= 15 is 0 Å². The second-order valence-electron chi connectivity index (χ2n) is 6.03. The summed E-state index contributed by atoms with van der Waals surface area (Å²) >= 11 is 6.01. The Labute approximate surface area is 194 Å². The summed E-state index contributed by atoms with van der Waals surface area (Å²) in [4.78, 5) is 16.1. The molecule has 0 aliphatic carbocycles. The predicted octanol–water partition coefficient (Wildman–Crippen LogP) is 4.60. The molecule has 0 spiro atoms. The Kier molecular flexibility index (Phi) is 10.2. The summed E-state index contributed by atoms with van der Waals surface area (Å²) in [6.07, 6.45) is -4.57. The van der Waals surface area contributed by atoms with Crippen molar-refractivity contribution in [2.75, 3.05) is 11.9 Å². The van der Waals surface area contributed by atoms with Crippen LogP contribution >= 0.6 is 35.6 Å². The number of amides is 1. The molecule has 0 aliphatic heterocycles. The van der Waals surface area contributed by atoms with Crippen molar-refractivity contribution < 1.29 is 22.7 Å². The molecular weight excluding hydrogens is 536 g/mol. The molecule has 0 bridgehead atoms. The molecule has 0 saturated heterocycles. The van der Waals surface area contributed by atoms with E-state index in [2.05, 4.69) is 20.4 Å². The number of nitrogens with zero attached hydrogens (tertiary/aromatic N) is 1. The van der Waals surface area contributed by atoms with Crippen LogP contribution in [0.2, 0.25) is 5.02 Å². The highest BCUT2D eigenvalue weighted by molar-refractivity contribution is 14.0. The van der Waals surface area contributed by atoms with Crippen molar-refractivity contribution in [1.29, 1.82) is 0 Å². The van der Waals surface area contributed by atoms with E-state index in [9.17, 15) is 18.0 Å². The third-order valence-corrected chi connectivity index (χ3v) is 4.20. The number of alkyl halides is 3. The Balaban J connectivity index is 0.00000450. The number of nitrogens with two attached hydrogens (primary N) is 1. The Morgan fingerprint density at radius 3 is 2.50 bits per heavy atom. The lowest BCUT2D eigenvalue weighted by Crippen LogP contribution is -2.34. The van der Waals surface area contributed by atoms with Gasteiger partial charge in [-0.2, -0.15) is 0 Å². The summed E-state index contributed by atoms with van der Waals surface area (Å²) in [5, 5.41) is 6.14. The Morgan fingerprint density at radius 2 is 1.87 bits per heavy atom. The molecule has 30 heavy (non-hydrogen) atoms. The van der Waals surface area contributed by atoms with E-state index in [1.54, 1.807) is 18.2 Å². The van der Waals surface area contributed by atoms with Crippen molar-refractivity contribution in [3.05, 3.63) is 58.6 Å². The van der Waals surface area contributed by atoms with Crippen molar-refractivity contribution in [3.63, 3.8) is 0 Å². The molecule has 0 saturated carbocycles. The second-order valence-corrected chi connectivity index (χ2v) is 6.44. The number of guanidine groups is 1. The number of carbonyl (C=O) groups excluding carboxylic acids is 1. The van der Waals surface area contributed by atoms with Crippen LogP contribution in [-0.4, -0.2) is 24.8 Å². The molecule has 4 N–H and O–H groups in total. The number of ether oxygens (including phenoxy) is 1. The average Bonchev–Trinajstić information content (AvgIpc) is 2.64. The van der Waals surface area contributed by atoms with Gasteiger partial charge < -0.3 is 21.1 Å². The van der Waals surface area contributed by atoms with Gasteiger partial charge in [-0.15, -0.1) is 37.1 Å². The largest absolute Gasteiger partial charge is 0.573 e. The molecular formula is C19H21ClF3IN4O2. The fourth-order valence-electron chi connectivity index (χ4n) is 2.29. The number of rotatable bonds is 7. The van der Waals surface area contributed by atoms with E-state index in [-0.39, 0.29) is 61.1 Å². The summed E-state index contributed by atoms with van der Waals surface area (Å²) in [7, 11) is 0. The van der Waals surface area contributed by atoms with Crippen LogP contribution in [0.5, 0.6) is 5.75 Å². The molecule has 0 atom stereocenters. The van der Waals surface area contributed by atoms with Crippen molar-refractivity contribution in [3.8, 4) is 5.75 Å². The lowest BCUT2D eigenvalue weighted by atomic mass is 10.2. The number of aliphatic imine (C=N–C) groups is 1. The fraction of sp³-hybridized carbons (Fsp3) is 0.263. The molecule has 0 aliphatic rings. The van der Waals surface area contributed by atoms with Gasteiger partial charge in [-0.05, 0) is 42.3 Å². The van der Waals surface area contributed by atoms with E-state index in [0.29, 0.717) is 16.3 Å². The van der Waals surface area contributed by atoms with Crippen LogP contribution < -0.4 is 21.1 Å². The Morgan fingerprint density at radius 1 is 1.20 bits per heavy atom. The van der Waals surface area contributed by atoms with Crippen LogP contribution in [-0.2, 0) is 11.3 Å². The molecule has 2 aromatic carbocycles. The number of anilines is 1. The number of hydrogen-bond donors (Lipinski definition) is 3. The number of halogens is 5. The van der Waals surface area contributed by atoms with Crippen LogP contribution in [0.4, 0.5) is 18.9 Å². The molecule has 11 heteroatoms. The molecule has 0 unspecified atom stereocenters. The molecule has 2 rings (SSSR count). The molecule has 0 fully saturated rings. The molecule has 164 valence electrons. The van der Waals surface area contributed by atoms with E-state index in [1.165, 1.54) is 24.3 Å².